The monoisotopic (exact) mass is 355 g/mol. The molecule has 10 heteroatoms. The van der Waals surface area contributed by atoms with Gasteiger partial charge in [-0.05, 0) is 6.42 Å². The van der Waals surface area contributed by atoms with Crippen molar-refractivity contribution in [3.05, 3.63) is 0 Å². The maximum Gasteiger partial charge on any atom is 0.460 e. The largest absolute Gasteiger partial charge is 0.544 e. The van der Waals surface area contributed by atoms with Crippen LogP contribution in [0.3, 0.4) is 0 Å². The number of carbonyl (C=O) groups is 1. The quantitative estimate of drug-likeness (QED) is 0.562. The molecule has 1 heterocycles. The second-order valence-corrected chi connectivity index (χ2v) is 5.78. The van der Waals surface area contributed by atoms with E-state index in [-0.39, 0.29) is 0 Å². The minimum absolute atomic E-state index is 1.36. The van der Waals surface area contributed by atoms with Crippen molar-refractivity contribution < 1.29 is 45.1 Å². The maximum absolute atomic E-state index is 11.7. The molecule has 0 spiro atoms. The van der Waals surface area contributed by atoms with Gasteiger partial charge in [-0.1, -0.05) is 13.3 Å². The molecule has 0 aromatic carbocycles. The molecule has 1 aliphatic heterocycles. The average Bonchev–Trinajstić information content (AvgIpc) is 2.83. The highest BCUT2D eigenvalue weighted by Crippen LogP contribution is 2.46. The Labute approximate surface area is 129 Å². The van der Waals surface area contributed by atoms with Crippen LogP contribution in [0.5, 0.6) is 0 Å². The molecule has 1 aliphatic rings. The van der Waals surface area contributed by atoms with Crippen LogP contribution in [0.15, 0.2) is 0 Å². The second-order valence-electron chi connectivity index (χ2n) is 5.78. The van der Waals surface area contributed by atoms with Gasteiger partial charge in [0, 0.05) is 12.8 Å². The van der Waals surface area contributed by atoms with Crippen molar-refractivity contribution in [1.29, 1.82) is 0 Å². The summed E-state index contributed by atoms with van der Waals surface area (Å²) in [6.07, 6.45) is -0.957. The number of likely N-dealkylation sites (tertiary alicyclic amines) is 1. The highest BCUT2D eigenvalue weighted by atomic mass is 19.4. The minimum Gasteiger partial charge on any atom is -0.544 e. The number of unbranched alkanes of at least 4 members (excludes halogenated alkanes) is 1. The lowest BCUT2D eigenvalue weighted by Crippen LogP contribution is -2.60. The van der Waals surface area contributed by atoms with Crippen molar-refractivity contribution >= 4 is 5.97 Å². The first-order valence-electron chi connectivity index (χ1n) is 7.08. The number of aliphatic carboxylic acids is 1. The van der Waals surface area contributed by atoms with Crippen molar-refractivity contribution in [1.82, 2.24) is 0 Å². The highest BCUT2D eigenvalue weighted by molar-refractivity contribution is 5.74. The fraction of sp³-hybridized carbons (Fsp3) is 0.923. The number of nitrogens with zero attached hydrogens (tertiary/aromatic N) is 1. The number of quaternary nitrogens is 1. The molecule has 138 valence electrons. The molecule has 0 bridgehead atoms. The van der Waals surface area contributed by atoms with Gasteiger partial charge in [0.05, 0.1) is 26.7 Å². The Hall–Kier alpha value is -1.06. The lowest BCUT2D eigenvalue weighted by atomic mass is 10.1. The molecular weight excluding hydrogens is 335 g/mol. The van der Waals surface area contributed by atoms with E-state index in [0.717, 1.165) is 0 Å². The van der Waals surface area contributed by atoms with Gasteiger partial charge in [-0.2, -0.15) is 30.7 Å². The maximum atomic E-state index is 11.7. The number of carbonyl (C=O) groups excluding carboxylic acids is 1. The van der Waals surface area contributed by atoms with Crippen LogP contribution in [-0.2, 0) is 4.79 Å². The number of alkyl halides is 7. The van der Waals surface area contributed by atoms with Crippen LogP contribution in [-0.4, -0.2) is 55.2 Å². The van der Waals surface area contributed by atoms with Gasteiger partial charge in [-0.15, -0.1) is 0 Å². The molecule has 0 aromatic heterocycles. The first-order valence-corrected chi connectivity index (χ1v) is 7.08. The molecule has 0 saturated carbocycles. The van der Waals surface area contributed by atoms with E-state index in [4.69, 9.17) is 0 Å². The minimum atomic E-state index is -6.64. The first kappa shape index (κ1) is 21.9. The smallest absolute Gasteiger partial charge is 0.460 e. The Bertz CT molecular complexity index is 390. The van der Waals surface area contributed by atoms with E-state index in [1.54, 1.807) is 0 Å². The van der Waals surface area contributed by atoms with Crippen LogP contribution in [0.1, 0.15) is 32.6 Å². The number of carboxylic acid groups (broad SMARTS) is 1. The van der Waals surface area contributed by atoms with Crippen LogP contribution in [0.4, 0.5) is 30.7 Å². The van der Waals surface area contributed by atoms with E-state index in [9.17, 15) is 40.6 Å². The third-order valence-electron chi connectivity index (χ3n) is 3.70. The molecule has 0 unspecified atom stereocenters. The fourth-order valence-corrected chi connectivity index (χ4v) is 2.17. The third kappa shape index (κ3) is 5.50. The molecule has 0 atom stereocenters. The van der Waals surface area contributed by atoms with Gasteiger partial charge in [0.1, 0.15) is 5.97 Å². The fourth-order valence-electron chi connectivity index (χ4n) is 2.17. The summed E-state index contributed by atoms with van der Waals surface area (Å²) in [5, 5.41) is 9.27. The Morgan fingerprint density at radius 1 is 1.04 bits per heavy atom. The number of hydrogen-bond acceptors (Lipinski definition) is 2. The van der Waals surface area contributed by atoms with Gasteiger partial charge < -0.3 is 14.4 Å². The van der Waals surface area contributed by atoms with Crippen LogP contribution in [0.25, 0.3) is 0 Å². The van der Waals surface area contributed by atoms with E-state index < -0.39 is 24.0 Å². The molecule has 0 radical (unpaired) electrons. The Kier molecular flexibility index (Phi) is 7.32. The molecule has 0 amide bonds. The summed E-state index contributed by atoms with van der Waals surface area (Å²) in [4.78, 5) is 9.27. The van der Waals surface area contributed by atoms with Crippen molar-refractivity contribution in [2.75, 3.05) is 26.7 Å². The number of rotatable bonds is 5. The molecule has 3 nitrogen and oxygen atoms in total. The SMILES string of the molecule is CCCC[N+]1(C)CCCC1.O=C([O-])C(F)(F)C(F)(F)C(F)(F)F. The van der Waals surface area contributed by atoms with E-state index in [1.807, 2.05) is 0 Å². The molecule has 1 fully saturated rings. The molecule has 1 saturated heterocycles. The average molecular weight is 355 g/mol. The summed E-state index contributed by atoms with van der Waals surface area (Å²) in [5.41, 5.74) is 0. The lowest BCUT2D eigenvalue weighted by Gasteiger charge is -2.28. The van der Waals surface area contributed by atoms with Crippen LogP contribution >= 0.6 is 0 Å². The van der Waals surface area contributed by atoms with Gasteiger partial charge in [-0.25, -0.2) is 0 Å². The van der Waals surface area contributed by atoms with E-state index in [1.165, 1.54) is 49.8 Å². The highest BCUT2D eigenvalue weighted by Gasteiger charge is 2.73. The van der Waals surface area contributed by atoms with Crippen molar-refractivity contribution in [2.24, 2.45) is 0 Å². The summed E-state index contributed by atoms with van der Waals surface area (Å²) in [6, 6.07) is 0. The predicted molar refractivity (Wildman–Crippen MR) is 65.9 cm³/mol. The third-order valence-corrected chi connectivity index (χ3v) is 3.70. The summed E-state index contributed by atoms with van der Waals surface area (Å²) in [5.74, 6) is -16.7. The van der Waals surface area contributed by atoms with Crippen LogP contribution in [0.2, 0.25) is 0 Å². The van der Waals surface area contributed by atoms with Crippen molar-refractivity contribution in [3.63, 3.8) is 0 Å². The normalized spacial score (nSPS) is 18.3. The first-order chi connectivity index (χ1) is 10.2. The van der Waals surface area contributed by atoms with E-state index >= 15 is 0 Å². The number of hydrogen-bond donors (Lipinski definition) is 0. The van der Waals surface area contributed by atoms with Gasteiger partial charge in [0.2, 0.25) is 0 Å². The summed E-state index contributed by atoms with van der Waals surface area (Å²) in [6.45, 7) is 6.55. The zero-order valence-corrected chi connectivity index (χ0v) is 12.9. The predicted octanol–water partition coefficient (Wildman–Crippen LogP) is 2.60. The molecule has 0 aliphatic carbocycles. The Morgan fingerprint density at radius 2 is 1.48 bits per heavy atom. The summed E-state index contributed by atoms with van der Waals surface area (Å²) < 4.78 is 81.6. The van der Waals surface area contributed by atoms with Crippen molar-refractivity contribution in [3.8, 4) is 0 Å². The number of halogens is 7. The second kappa shape index (κ2) is 7.67. The molecular formula is C13H20F7NO2. The Morgan fingerprint density at radius 3 is 1.74 bits per heavy atom. The van der Waals surface area contributed by atoms with Crippen LogP contribution < -0.4 is 5.11 Å². The molecule has 1 rings (SSSR count). The molecule has 0 N–H and O–H groups in total. The lowest BCUT2D eigenvalue weighted by molar-refractivity contribution is -0.897. The summed E-state index contributed by atoms with van der Waals surface area (Å²) >= 11 is 0. The van der Waals surface area contributed by atoms with Gasteiger partial charge in [-0.3, -0.25) is 0 Å². The molecule has 0 aromatic rings. The van der Waals surface area contributed by atoms with E-state index in [2.05, 4.69) is 14.0 Å². The van der Waals surface area contributed by atoms with Gasteiger partial charge in [0.15, 0.2) is 0 Å². The standard InChI is InChI=1S/C9H20N.C4HF7O2/c1-3-4-7-10(2)8-5-6-9-10;5-2(6,1(12)13)3(7,8)4(9,10)11/h3-9H2,1-2H3;(H,12,13)/q+1;/p-1. The zero-order valence-electron chi connectivity index (χ0n) is 12.9. The van der Waals surface area contributed by atoms with Crippen molar-refractivity contribution in [2.45, 2.75) is 50.6 Å². The van der Waals surface area contributed by atoms with Gasteiger partial charge in [0.25, 0.3) is 0 Å². The molecule has 23 heavy (non-hydrogen) atoms. The Balaban J connectivity index is 0.000000433. The van der Waals surface area contributed by atoms with Crippen LogP contribution in [0, 0.1) is 0 Å². The zero-order chi connectivity index (χ0) is 18.5. The van der Waals surface area contributed by atoms with Gasteiger partial charge >= 0.3 is 18.0 Å². The summed E-state index contributed by atoms with van der Waals surface area (Å²) in [7, 11) is 2.41. The number of carboxylic acids is 1. The topological polar surface area (TPSA) is 40.1 Å². The van der Waals surface area contributed by atoms with E-state index in [0.29, 0.717) is 0 Å².